The van der Waals surface area contributed by atoms with Crippen LogP contribution in [0.3, 0.4) is 0 Å². The van der Waals surface area contributed by atoms with Crippen LogP contribution in [0.5, 0.6) is 5.75 Å². The molecule has 0 aliphatic rings. The van der Waals surface area contributed by atoms with Gasteiger partial charge >= 0.3 is 0 Å². The number of methoxy groups -OCH3 is 1. The van der Waals surface area contributed by atoms with Gasteiger partial charge in [0.05, 0.1) is 24.4 Å². The Morgan fingerprint density at radius 1 is 1.03 bits per heavy atom. The number of rotatable bonds is 5. The number of sulfone groups is 1. The Morgan fingerprint density at radius 2 is 1.75 bits per heavy atom. The van der Waals surface area contributed by atoms with Crippen molar-refractivity contribution in [2.75, 3.05) is 12.8 Å². The molecule has 2 aromatic carbocycles. The Labute approximate surface area is 187 Å². The maximum Gasteiger partial charge on any atom is 0.221 e. The summed E-state index contributed by atoms with van der Waals surface area (Å²) >= 11 is 1.11. The number of hydrogen-bond donors (Lipinski definition) is 1. The summed E-state index contributed by atoms with van der Waals surface area (Å²) in [4.78, 5) is 9.10. The lowest BCUT2D eigenvalue weighted by atomic mass is 10.2. The normalized spacial score (nSPS) is 12.2. The molecule has 0 aliphatic carbocycles. The van der Waals surface area contributed by atoms with E-state index < -0.39 is 9.84 Å². The molecule has 8 nitrogen and oxygen atoms in total. The number of benzene rings is 2. The van der Waals surface area contributed by atoms with Gasteiger partial charge in [0.25, 0.3) is 0 Å². The minimum atomic E-state index is -3.92. The second-order valence-corrected chi connectivity index (χ2v) is 9.89. The van der Waals surface area contributed by atoms with Crippen LogP contribution < -0.4 is 10.5 Å². The van der Waals surface area contributed by atoms with Gasteiger partial charge in [-0.1, -0.05) is 30.3 Å². The van der Waals surface area contributed by atoms with Gasteiger partial charge in [-0.05, 0) is 35.7 Å². The third kappa shape index (κ3) is 3.20. The highest BCUT2D eigenvalue weighted by atomic mass is 32.2. The van der Waals surface area contributed by atoms with Crippen molar-refractivity contribution in [2.24, 2.45) is 5.10 Å². The van der Waals surface area contributed by atoms with E-state index in [1.807, 2.05) is 30.3 Å². The van der Waals surface area contributed by atoms with Crippen molar-refractivity contribution in [3.8, 4) is 5.75 Å². The number of anilines is 1. The SMILES string of the molecule is COc1ccccc1C=Nn1c(N)c(S(=O)(=O)c2cccs2)c2nc3ccccc3nc21. The fourth-order valence-electron chi connectivity index (χ4n) is 3.41. The third-order valence-electron chi connectivity index (χ3n) is 4.91. The zero-order valence-electron chi connectivity index (χ0n) is 16.8. The molecule has 3 aromatic heterocycles. The predicted molar refractivity (Wildman–Crippen MR) is 125 cm³/mol. The second-order valence-electron chi connectivity index (χ2n) is 6.83. The Kier molecular flexibility index (Phi) is 4.87. The van der Waals surface area contributed by atoms with E-state index in [4.69, 9.17) is 10.5 Å². The molecule has 0 saturated carbocycles. The van der Waals surface area contributed by atoms with Crippen LogP contribution in [0.1, 0.15) is 5.56 Å². The number of nitrogen functional groups attached to an aromatic ring is 1. The Balaban J connectivity index is 1.80. The number of fused-ring (bicyclic) bond motifs is 2. The molecule has 5 rings (SSSR count). The van der Waals surface area contributed by atoms with Crippen molar-refractivity contribution in [1.82, 2.24) is 14.6 Å². The molecule has 160 valence electrons. The quantitative estimate of drug-likeness (QED) is 0.395. The van der Waals surface area contributed by atoms with Gasteiger partial charge in [0, 0.05) is 5.56 Å². The van der Waals surface area contributed by atoms with E-state index in [1.54, 1.807) is 43.0 Å². The average Bonchev–Trinajstić information content (AvgIpc) is 3.43. The lowest BCUT2D eigenvalue weighted by molar-refractivity contribution is 0.414. The van der Waals surface area contributed by atoms with E-state index in [2.05, 4.69) is 15.1 Å². The Hall–Kier alpha value is -3.76. The molecule has 0 bridgehead atoms. The number of nitrogens with zero attached hydrogens (tertiary/aromatic N) is 4. The molecule has 2 N–H and O–H groups in total. The molecule has 0 unspecified atom stereocenters. The molecular formula is C22H17N5O3S2. The first-order valence-corrected chi connectivity index (χ1v) is 11.9. The van der Waals surface area contributed by atoms with Gasteiger partial charge in [0.2, 0.25) is 9.84 Å². The first-order chi connectivity index (χ1) is 15.5. The summed E-state index contributed by atoms with van der Waals surface area (Å²) in [6.45, 7) is 0. The number of hydrogen-bond acceptors (Lipinski definition) is 8. The smallest absolute Gasteiger partial charge is 0.221 e. The van der Waals surface area contributed by atoms with Gasteiger partial charge in [-0.25, -0.2) is 18.4 Å². The van der Waals surface area contributed by atoms with Gasteiger partial charge in [-0.15, -0.1) is 11.3 Å². The second kappa shape index (κ2) is 7.74. The summed E-state index contributed by atoms with van der Waals surface area (Å²) in [5, 5.41) is 6.16. The highest BCUT2D eigenvalue weighted by molar-refractivity contribution is 7.93. The lowest BCUT2D eigenvalue weighted by Crippen LogP contribution is -2.05. The van der Waals surface area contributed by atoms with Crippen LogP contribution in [0.15, 0.2) is 80.2 Å². The van der Waals surface area contributed by atoms with Crippen LogP contribution in [0.2, 0.25) is 0 Å². The molecule has 5 aromatic rings. The predicted octanol–water partition coefficient (Wildman–Crippen LogP) is 3.95. The minimum absolute atomic E-state index is 0.0603. The molecule has 0 spiro atoms. The van der Waals surface area contributed by atoms with Crippen LogP contribution in [0.25, 0.3) is 22.2 Å². The first kappa shape index (κ1) is 20.2. The van der Waals surface area contributed by atoms with Gasteiger partial charge in [-0.2, -0.15) is 9.78 Å². The van der Waals surface area contributed by atoms with E-state index in [-0.39, 0.29) is 26.1 Å². The molecule has 32 heavy (non-hydrogen) atoms. The van der Waals surface area contributed by atoms with Crippen LogP contribution in [-0.4, -0.2) is 36.4 Å². The summed E-state index contributed by atoms with van der Waals surface area (Å²) in [5.41, 5.74) is 8.66. The number of aromatic nitrogens is 3. The monoisotopic (exact) mass is 463 g/mol. The van der Waals surface area contributed by atoms with Crippen molar-refractivity contribution in [3.63, 3.8) is 0 Å². The Bertz CT molecular complexity index is 1590. The lowest BCUT2D eigenvalue weighted by Gasteiger charge is -2.04. The highest BCUT2D eigenvalue weighted by Gasteiger charge is 2.31. The van der Waals surface area contributed by atoms with Crippen LogP contribution in [0.4, 0.5) is 5.82 Å². The van der Waals surface area contributed by atoms with E-state index in [9.17, 15) is 8.42 Å². The zero-order chi connectivity index (χ0) is 22.3. The molecule has 3 heterocycles. The van der Waals surface area contributed by atoms with E-state index >= 15 is 0 Å². The molecule has 0 atom stereocenters. The fraction of sp³-hybridized carbons (Fsp3) is 0.0455. The average molecular weight is 464 g/mol. The van der Waals surface area contributed by atoms with Crippen molar-refractivity contribution in [1.29, 1.82) is 0 Å². The zero-order valence-corrected chi connectivity index (χ0v) is 18.5. The summed E-state index contributed by atoms with van der Waals surface area (Å²) in [7, 11) is -2.36. The molecule has 0 aliphatic heterocycles. The molecule has 0 saturated heterocycles. The third-order valence-corrected chi connectivity index (χ3v) is 8.12. The molecule has 0 amide bonds. The van der Waals surface area contributed by atoms with Crippen molar-refractivity contribution in [3.05, 3.63) is 71.6 Å². The number of ether oxygens (including phenoxy) is 1. The van der Waals surface area contributed by atoms with Crippen molar-refractivity contribution in [2.45, 2.75) is 9.10 Å². The van der Waals surface area contributed by atoms with Gasteiger partial charge < -0.3 is 10.5 Å². The van der Waals surface area contributed by atoms with Gasteiger partial charge in [-0.3, -0.25) is 0 Å². The highest BCUT2D eigenvalue weighted by Crippen LogP contribution is 2.36. The number of thiophene rings is 1. The largest absolute Gasteiger partial charge is 0.496 e. The number of nitrogens with two attached hydrogens (primary N) is 1. The summed E-state index contributed by atoms with van der Waals surface area (Å²) in [6, 6.07) is 17.8. The van der Waals surface area contributed by atoms with E-state index in [1.165, 1.54) is 10.7 Å². The standard InChI is InChI=1S/C22H17N5O3S2/c1-30-17-10-5-2-7-14(17)13-24-27-21(23)20(32(28,29)18-11-6-12-31-18)19-22(27)26-16-9-4-3-8-15(16)25-19/h2-13H,23H2,1H3. The van der Waals surface area contributed by atoms with Crippen LogP contribution in [0, 0.1) is 0 Å². The van der Waals surface area contributed by atoms with Crippen LogP contribution >= 0.6 is 11.3 Å². The van der Waals surface area contributed by atoms with Gasteiger partial charge in [0.1, 0.15) is 26.2 Å². The minimum Gasteiger partial charge on any atom is -0.496 e. The van der Waals surface area contributed by atoms with Gasteiger partial charge in [0.15, 0.2) is 5.65 Å². The van der Waals surface area contributed by atoms with Crippen molar-refractivity contribution >= 4 is 55.4 Å². The number of para-hydroxylation sites is 3. The molecular weight excluding hydrogens is 446 g/mol. The van der Waals surface area contributed by atoms with E-state index in [0.29, 0.717) is 22.3 Å². The summed E-state index contributed by atoms with van der Waals surface area (Å²) in [5.74, 6) is 0.559. The van der Waals surface area contributed by atoms with E-state index in [0.717, 1.165) is 11.3 Å². The molecule has 0 fully saturated rings. The maximum atomic E-state index is 13.4. The topological polar surface area (TPSA) is 112 Å². The first-order valence-electron chi connectivity index (χ1n) is 9.53. The Morgan fingerprint density at radius 3 is 2.47 bits per heavy atom. The van der Waals surface area contributed by atoms with Crippen LogP contribution in [-0.2, 0) is 9.84 Å². The molecule has 10 heteroatoms. The molecule has 0 radical (unpaired) electrons. The van der Waals surface area contributed by atoms with Crippen molar-refractivity contribution < 1.29 is 13.2 Å². The fourth-order valence-corrected chi connectivity index (χ4v) is 6.00. The summed E-state index contributed by atoms with van der Waals surface area (Å²) < 4.78 is 33.7. The maximum absolute atomic E-state index is 13.4. The summed E-state index contributed by atoms with van der Waals surface area (Å²) in [6.07, 6.45) is 1.55.